The molecule has 3 rings (SSSR count). The monoisotopic (exact) mass is 598 g/mol. The van der Waals surface area contributed by atoms with Crippen LogP contribution in [-0.2, 0) is 28.7 Å². The van der Waals surface area contributed by atoms with Crippen LogP contribution >= 0.6 is 0 Å². The number of nitrogens with one attached hydrogen (secondary N) is 1. The molecule has 1 atom stereocenters. The minimum absolute atomic E-state index is 0.0161. The molecule has 43 heavy (non-hydrogen) atoms. The minimum Gasteiger partial charge on any atom is -0.480 e. The summed E-state index contributed by atoms with van der Waals surface area (Å²) in [6.07, 6.45) is 1.48. The van der Waals surface area contributed by atoms with Gasteiger partial charge in [0.2, 0.25) is 0 Å². The number of aliphatic carboxylic acids is 3. The van der Waals surface area contributed by atoms with Crippen LogP contribution in [0, 0.1) is 0 Å². The Bertz CT molecular complexity index is 1220. The van der Waals surface area contributed by atoms with Gasteiger partial charge in [-0.05, 0) is 35.1 Å². The Morgan fingerprint density at radius 2 is 1.40 bits per heavy atom. The lowest BCUT2D eigenvalue weighted by molar-refractivity contribution is -0.149. The van der Waals surface area contributed by atoms with E-state index in [-0.39, 0.29) is 57.3 Å². The van der Waals surface area contributed by atoms with Crippen LogP contribution < -0.4 is 5.32 Å². The zero-order valence-corrected chi connectivity index (χ0v) is 23.9. The third-order valence-corrected chi connectivity index (χ3v) is 7.22. The van der Waals surface area contributed by atoms with Gasteiger partial charge in [-0.3, -0.25) is 24.1 Å². The fraction of sp³-hybridized carbons (Fsp3) is 0.452. The van der Waals surface area contributed by atoms with Gasteiger partial charge in [-0.25, -0.2) is 4.79 Å². The number of ether oxygens (including phenoxy) is 2. The van der Waals surface area contributed by atoms with E-state index >= 15 is 0 Å². The first-order valence-electron chi connectivity index (χ1n) is 14.3. The molecule has 2 aromatic carbocycles. The van der Waals surface area contributed by atoms with E-state index in [0.717, 1.165) is 27.2 Å². The highest BCUT2D eigenvalue weighted by Gasteiger charge is 2.30. The van der Waals surface area contributed by atoms with Gasteiger partial charge in [0.15, 0.2) is 0 Å². The molecule has 0 saturated carbocycles. The summed E-state index contributed by atoms with van der Waals surface area (Å²) in [7, 11) is 0. The zero-order chi connectivity index (χ0) is 31.2. The number of ketones is 1. The summed E-state index contributed by atoms with van der Waals surface area (Å²) in [5.41, 5.74) is 4.57. The van der Waals surface area contributed by atoms with Gasteiger partial charge in [-0.15, -0.1) is 0 Å². The van der Waals surface area contributed by atoms with Crippen LogP contribution in [0.15, 0.2) is 48.5 Å². The molecule has 4 N–H and O–H groups in total. The van der Waals surface area contributed by atoms with Gasteiger partial charge in [-0.1, -0.05) is 61.4 Å². The first-order chi connectivity index (χ1) is 20.7. The molecule has 1 aliphatic carbocycles. The Labute approximate surface area is 249 Å². The molecule has 0 aromatic heterocycles. The number of carboxylic acid groups (broad SMARTS) is 3. The van der Waals surface area contributed by atoms with E-state index in [1.807, 2.05) is 36.4 Å². The number of unbranched alkanes of at least 4 members (excludes halogenated alkanes) is 2. The van der Waals surface area contributed by atoms with E-state index in [9.17, 15) is 29.1 Å². The smallest absolute Gasteiger partial charge is 0.407 e. The van der Waals surface area contributed by atoms with E-state index < -0.39 is 43.1 Å². The van der Waals surface area contributed by atoms with Crippen LogP contribution in [0.5, 0.6) is 0 Å². The van der Waals surface area contributed by atoms with Crippen LogP contribution in [0.1, 0.15) is 55.6 Å². The molecule has 0 heterocycles. The summed E-state index contributed by atoms with van der Waals surface area (Å²) >= 11 is 0. The molecule has 0 radical (unpaired) electrons. The number of hydrogen-bond acceptors (Lipinski definition) is 8. The van der Waals surface area contributed by atoms with Crippen molar-refractivity contribution in [2.45, 2.75) is 50.5 Å². The summed E-state index contributed by atoms with van der Waals surface area (Å²) < 4.78 is 10.9. The SMILES string of the molecule is O=C(O)CN(CC(=O)O)C(CCCCCC(=O)CCOCCNC(=O)OCC1c2ccccc2-c2ccccc21)C(=O)O. The number of carbonyl (C=O) groups excluding carboxylic acids is 2. The van der Waals surface area contributed by atoms with Crippen molar-refractivity contribution in [3.63, 3.8) is 0 Å². The van der Waals surface area contributed by atoms with Crippen molar-refractivity contribution in [3.8, 4) is 11.1 Å². The second kappa shape index (κ2) is 17.0. The summed E-state index contributed by atoms with van der Waals surface area (Å²) in [5, 5.41) is 30.0. The quantitative estimate of drug-likeness (QED) is 0.164. The number of rotatable bonds is 20. The molecule has 2 aromatic rings. The summed E-state index contributed by atoms with van der Waals surface area (Å²) in [4.78, 5) is 58.8. The lowest BCUT2D eigenvalue weighted by atomic mass is 9.98. The molecule has 0 bridgehead atoms. The second-order valence-corrected chi connectivity index (χ2v) is 10.3. The van der Waals surface area contributed by atoms with Crippen molar-refractivity contribution >= 4 is 29.8 Å². The lowest BCUT2D eigenvalue weighted by Crippen LogP contribution is -2.46. The fourth-order valence-corrected chi connectivity index (χ4v) is 5.21. The average molecular weight is 599 g/mol. The van der Waals surface area contributed by atoms with Crippen LogP contribution in [0.25, 0.3) is 11.1 Å². The molecule has 12 heteroatoms. The number of carboxylic acids is 3. The lowest BCUT2D eigenvalue weighted by Gasteiger charge is -2.25. The number of fused-ring (bicyclic) bond motifs is 3. The molecule has 0 saturated heterocycles. The highest BCUT2D eigenvalue weighted by atomic mass is 16.5. The summed E-state index contributed by atoms with van der Waals surface area (Å²) in [6, 6.07) is 14.9. The Morgan fingerprint density at radius 3 is 1.98 bits per heavy atom. The second-order valence-electron chi connectivity index (χ2n) is 10.3. The van der Waals surface area contributed by atoms with Crippen molar-refractivity contribution in [1.82, 2.24) is 10.2 Å². The number of nitrogens with zero attached hydrogens (tertiary/aromatic N) is 1. The van der Waals surface area contributed by atoms with Gasteiger partial charge in [-0.2, -0.15) is 0 Å². The van der Waals surface area contributed by atoms with E-state index in [0.29, 0.717) is 19.3 Å². The normalized spacial score (nSPS) is 12.8. The Kier molecular flexibility index (Phi) is 13.1. The number of benzene rings is 2. The predicted octanol–water partition coefficient (Wildman–Crippen LogP) is 3.38. The van der Waals surface area contributed by atoms with Crippen LogP contribution in [-0.4, -0.2) is 95.5 Å². The first kappa shape index (κ1) is 33.2. The highest BCUT2D eigenvalue weighted by Crippen LogP contribution is 2.44. The maximum absolute atomic E-state index is 12.2. The molecule has 0 aliphatic heterocycles. The maximum Gasteiger partial charge on any atom is 0.407 e. The van der Waals surface area contributed by atoms with E-state index in [1.165, 1.54) is 0 Å². The number of amides is 1. The summed E-state index contributed by atoms with van der Waals surface area (Å²) in [5.74, 6) is -3.95. The third-order valence-electron chi connectivity index (χ3n) is 7.22. The zero-order valence-electron chi connectivity index (χ0n) is 23.9. The van der Waals surface area contributed by atoms with Crippen LogP contribution in [0.2, 0.25) is 0 Å². The number of carbonyl (C=O) groups is 5. The van der Waals surface area contributed by atoms with E-state index in [4.69, 9.17) is 19.7 Å². The Balaban J connectivity index is 1.24. The minimum atomic E-state index is -1.31. The molecular weight excluding hydrogens is 560 g/mol. The van der Waals surface area contributed by atoms with Gasteiger partial charge in [0.1, 0.15) is 18.4 Å². The molecule has 0 spiro atoms. The van der Waals surface area contributed by atoms with Crippen LogP contribution in [0.3, 0.4) is 0 Å². The molecule has 232 valence electrons. The molecular formula is C31H38N2O10. The Hall–Kier alpha value is -4.29. The topological polar surface area (TPSA) is 180 Å². The van der Waals surface area contributed by atoms with E-state index in [1.54, 1.807) is 0 Å². The molecule has 1 amide bonds. The largest absolute Gasteiger partial charge is 0.480 e. The van der Waals surface area contributed by atoms with Crippen molar-refractivity contribution in [3.05, 3.63) is 59.7 Å². The molecule has 1 aliphatic rings. The standard InChI is InChI=1S/C31H38N2O10/c34-21(8-2-1-3-13-27(30(39)40)33(18-28(35)36)19-29(37)38)14-16-42-17-15-32-31(41)43-20-26-24-11-6-4-9-22(24)23-10-5-7-12-25(23)26/h4-7,9-12,26-27H,1-3,8,13-20H2,(H,32,41)(H,35,36)(H,37,38)(H,39,40). The number of hydrogen-bond donors (Lipinski definition) is 4. The molecule has 1 unspecified atom stereocenters. The van der Waals surface area contributed by atoms with Gasteiger partial charge >= 0.3 is 24.0 Å². The van der Waals surface area contributed by atoms with E-state index in [2.05, 4.69) is 17.4 Å². The van der Waals surface area contributed by atoms with Gasteiger partial charge in [0, 0.05) is 25.3 Å². The first-order valence-corrected chi connectivity index (χ1v) is 14.3. The van der Waals surface area contributed by atoms with Crippen LogP contribution in [0.4, 0.5) is 4.79 Å². The van der Waals surface area contributed by atoms with Crippen molar-refractivity contribution in [2.24, 2.45) is 0 Å². The predicted molar refractivity (Wildman–Crippen MR) is 155 cm³/mol. The van der Waals surface area contributed by atoms with Gasteiger partial charge in [0.05, 0.1) is 26.3 Å². The molecule has 0 fully saturated rings. The van der Waals surface area contributed by atoms with Crippen molar-refractivity contribution in [1.29, 1.82) is 0 Å². The average Bonchev–Trinajstić information content (AvgIpc) is 3.28. The molecule has 12 nitrogen and oxygen atoms in total. The van der Waals surface area contributed by atoms with Crippen molar-refractivity contribution < 1.29 is 48.8 Å². The third kappa shape index (κ3) is 10.5. The Morgan fingerprint density at radius 1 is 0.791 bits per heavy atom. The van der Waals surface area contributed by atoms with Crippen molar-refractivity contribution in [2.75, 3.05) is 39.5 Å². The highest BCUT2D eigenvalue weighted by molar-refractivity contribution is 5.80. The number of alkyl carbamates (subject to hydrolysis) is 1. The fourth-order valence-electron chi connectivity index (χ4n) is 5.21. The van der Waals surface area contributed by atoms with Gasteiger partial charge < -0.3 is 30.1 Å². The van der Waals surface area contributed by atoms with Gasteiger partial charge in [0.25, 0.3) is 0 Å². The summed E-state index contributed by atoms with van der Waals surface area (Å²) in [6.45, 7) is -0.514. The maximum atomic E-state index is 12.2. The number of Topliss-reactive ketones (excluding diaryl/α,β-unsaturated/α-hetero) is 1.